The zero-order valence-electron chi connectivity index (χ0n) is 3.77. The normalized spacial score (nSPS) is 9.12. The summed E-state index contributed by atoms with van der Waals surface area (Å²) in [5, 5.41) is 0. The Labute approximate surface area is 61.8 Å². The van der Waals surface area contributed by atoms with Gasteiger partial charge in [0.15, 0.2) is 6.29 Å². The predicted molar refractivity (Wildman–Crippen MR) is 34.7 cm³/mol. The van der Waals surface area contributed by atoms with Crippen LogP contribution in [-0.4, -0.2) is 10.1 Å². The van der Waals surface area contributed by atoms with E-state index < -0.39 is 3.79 Å². The van der Waals surface area contributed by atoms with Crippen LogP contribution >= 0.6 is 34.8 Å². The molecule has 0 rings (SSSR count). The number of hydrazine groups is 1. The number of nitrogens with two attached hydrogens (primary N) is 2. The van der Waals surface area contributed by atoms with Gasteiger partial charge in [-0.25, -0.2) is 0 Å². The Bertz CT molecular complexity index is 60.8. The van der Waals surface area contributed by atoms with Crippen LogP contribution in [0.25, 0.3) is 0 Å². The van der Waals surface area contributed by atoms with Crippen molar-refractivity contribution >= 4 is 41.1 Å². The fourth-order valence-corrected chi connectivity index (χ4v) is 0. The van der Waals surface area contributed by atoms with Gasteiger partial charge in [-0.1, -0.05) is 34.8 Å². The molecule has 0 atom stereocenters. The molecule has 0 radical (unpaired) electrons. The number of halogens is 3. The average Bonchev–Trinajstić information content (AvgIpc) is 1.71. The van der Waals surface area contributed by atoms with Crippen molar-refractivity contribution in [3.05, 3.63) is 0 Å². The van der Waals surface area contributed by atoms with Gasteiger partial charge in [-0.15, -0.1) is 0 Å². The number of hydrogen-bond donors (Lipinski definition) is 2. The van der Waals surface area contributed by atoms with Gasteiger partial charge in [-0.2, -0.15) is 0 Å². The van der Waals surface area contributed by atoms with Gasteiger partial charge in [0.05, 0.1) is 0 Å². The third-order valence-electron chi connectivity index (χ3n) is 0.134. The largest absolute Gasteiger partial charge is 0.299 e. The standard InChI is InChI=1S/C2HCl3O.H4N2/c3-2(4,5)1-6;1-2/h1H;1-2H2. The van der Waals surface area contributed by atoms with Crippen LogP contribution in [0.2, 0.25) is 0 Å². The van der Waals surface area contributed by atoms with Crippen LogP contribution in [-0.2, 0) is 4.79 Å². The number of alkyl halides is 3. The first kappa shape index (κ1) is 11.3. The van der Waals surface area contributed by atoms with Crippen LogP contribution in [0.15, 0.2) is 0 Å². The summed E-state index contributed by atoms with van der Waals surface area (Å²) < 4.78 is -1.72. The number of rotatable bonds is 0. The number of hydrogen-bond acceptors (Lipinski definition) is 3. The maximum atomic E-state index is 9.43. The highest BCUT2D eigenvalue weighted by atomic mass is 35.6. The Morgan fingerprint density at radius 3 is 1.38 bits per heavy atom. The second-order valence-corrected chi connectivity index (χ2v) is 3.03. The third-order valence-corrected chi connectivity index (χ3v) is 0.401. The Morgan fingerprint density at radius 2 is 1.38 bits per heavy atom. The molecule has 0 fully saturated rings. The minimum atomic E-state index is -1.72. The summed E-state index contributed by atoms with van der Waals surface area (Å²) >= 11 is 14.6. The Hall–Kier alpha value is 0.460. The zero-order valence-corrected chi connectivity index (χ0v) is 6.04. The lowest BCUT2D eigenvalue weighted by molar-refractivity contribution is -0.107. The van der Waals surface area contributed by atoms with Gasteiger partial charge in [-0.3, -0.25) is 16.5 Å². The molecular formula is C2H5Cl3N2O. The van der Waals surface area contributed by atoms with Crippen molar-refractivity contribution in [2.24, 2.45) is 11.7 Å². The molecule has 0 heterocycles. The van der Waals surface area contributed by atoms with E-state index in [1.165, 1.54) is 0 Å². The molecule has 0 aliphatic heterocycles. The van der Waals surface area contributed by atoms with Crippen molar-refractivity contribution in [3.8, 4) is 0 Å². The van der Waals surface area contributed by atoms with E-state index >= 15 is 0 Å². The molecule has 3 nitrogen and oxygen atoms in total. The van der Waals surface area contributed by atoms with Gasteiger partial charge >= 0.3 is 0 Å². The van der Waals surface area contributed by atoms with Crippen molar-refractivity contribution in [3.63, 3.8) is 0 Å². The summed E-state index contributed by atoms with van der Waals surface area (Å²) in [6, 6.07) is 0. The highest BCUT2D eigenvalue weighted by molar-refractivity contribution is 6.74. The van der Waals surface area contributed by atoms with Gasteiger partial charge in [0.2, 0.25) is 3.79 Å². The molecule has 0 saturated carbocycles. The maximum absolute atomic E-state index is 9.43. The first-order valence-corrected chi connectivity index (χ1v) is 2.56. The number of carbonyl (C=O) groups excluding carboxylic acids is 1. The Morgan fingerprint density at radius 1 is 1.25 bits per heavy atom. The summed E-state index contributed by atoms with van der Waals surface area (Å²) in [7, 11) is 0. The summed E-state index contributed by atoms with van der Waals surface area (Å²) in [5.41, 5.74) is 0. The molecule has 4 N–H and O–H groups in total. The van der Waals surface area contributed by atoms with Gasteiger partial charge in [-0.05, 0) is 0 Å². The van der Waals surface area contributed by atoms with Gasteiger partial charge in [0, 0.05) is 0 Å². The molecule has 0 aromatic rings. The highest BCUT2D eigenvalue weighted by Gasteiger charge is 2.16. The molecule has 0 aliphatic rings. The Balaban J connectivity index is 0. The molecule has 8 heavy (non-hydrogen) atoms. The highest BCUT2D eigenvalue weighted by Crippen LogP contribution is 2.21. The minimum Gasteiger partial charge on any atom is -0.299 e. The van der Waals surface area contributed by atoms with Crippen LogP contribution in [0.5, 0.6) is 0 Å². The van der Waals surface area contributed by atoms with Crippen molar-refractivity contribution in [2.45, 2.75) is 3.79 Å². The molecular weight excluding hydrogens is 174 g/mol. The molecule has 0 unspecified atom stereocenters. The minimum absolute atomic E-state index is 0.234. The molecule has 50 valence electrons. The average molecular weight is 179 g/mol. The van der Waals surface area contributed by atoms with E-state index in [1.807, 2.05) is 0 Å². The lowest BCUT2D eigenvalue weighted by Gasteiger charge is -1.93. The molecule has 0 aromatic heterocycles. The van der Waals surface area contributed by atoms with E-state index in [-0.39, 0.29) is 6.29 Å². The van der Waals surface area contributed by atoms with Crippen molar-refractivity contribution in [1.29, 1.82) is 0 Å². The monoisotopic (exact) mass is 178 g/mol. The van der Waals surface area contributed by atoms with Crippen LogP contribution in [0.4, 0.5) is 0 Å². The van der Waals surface area contributed by atoms with Gasteiger partial charge < -0.3 is 0 Å². The van der Waals surface area contributed by atoms with Crippen LogP contribution in [0.3, 0.4) is 0 Å². The topological polar surface area (TPSA) is 69.1 Å². The fraction of sp³-hybridized carbons (Fsp3) is 0.500. The van der Waals surface area contributed by atoms with E-state index in [0.29, 0.717) is 0 Å². The van der Waals surface area contributed by atoms with Crippen LogP contribution in [0.1, 0.15) is 0 Å². The van der Waals surface area contributed by atoms with Gasteiger partial charge in [0.1, 0.15) is 0 Å². The molecule has 0 amide bonds. The van der Waals surface area contributed by atoms with E-state index in [2.05, 4.69) is 11.7 Å². The molecule has 0 aromatic carbocycles. The van der Waals surface area contributed by atoms with Crippen LogP contribution < -0.4 is 11.7 Å². The smallest absolute Gasteiger partial charge is 0.245 e. The van der Waals surface area contributed by atoms with Crippen molar-refractivity contribution in [2.75, 3.05) is 0 Å². The maximum Gasteiger partial charge on any atom is 0.245 e. The van der Waals surface area contributed by atoms with E-state index in [9.17, 15) is 4.79 Å². The van der Waals surface area contributed by atoms with E-state index in [4.69, 9.17) is 34.8 Å². The second-order valence-electron chi connectivity index (χ2n) is 0.659. The quantitative estimate of drug-likeness (QED) is 0.244. The van der Waals surface area contributed by atoms with E-state index in [1.54, 1.807) is 0 Å². The van der Waals surface area contributed by atoms with Crippen molar-refractivity contribution < 1.29 is 4.79 Å². The first-order valence-electron chi connectivity index (χ1n) is 1.42. The molecule has 0 aliphatic carbocycles. The summed E-state index contributed by atoms with van der Waals surface area (Å²) in [4.78, 5) is 9.43. The fourth-order valence-electron chi connectivity index (χ4n) is 0. The summed E-state index contributed by atoms with van der Waals surface area (Å²) in [5.74, 6) is 8.00. The van der Waals surface area contributed by atoms with Crippen LogP contribution in [0, 0.1) is 0 Å². The summed E-state index contributed by atoms with van der Waals surface area (Å²) in [6.45, 7) is 0. The molecule has 0 saturated heterocycles. The second kappa shape index (κ2) is 5.59. The molecule has 0 spiro atoms. The molecule has 6 heteroatoms. The molecule has 0 bridgehead atoms. The zero-order chi connectivity index (χ0) is 7.21. The Kier molecular flexibility index (Phi) is 7.89. The lowest BCUT2D eigenvalue weighted by Crippen LogP contribution is -2.02. The van der Waals surface area contributed by atoms with Gasteiger partial charge in [0.25, 0.3) is 0 Å². The number of aldehydes is 1. The third kappa shape index (κ3) is 16.1. The van der Waals surface area contributed by atoms with E-state index in [0.717, 1.165) is 0 Å². The summed E-state index contributed by atoms with van der Waals surface area (Å²) in [6.07, 6.45) is 0.234. The van der Waals surface area contributed by atoms with Crippen molar-refractivity contribution in [1.82, 2.24) is 0 Å². The predicted octanol–water partition coefficient (Wildman–Crippen LogP) is 0.374. The first-order chi connectivity index (χ1) is 3.56. The number of carbonyl (C=O) groups is 1. The lowest BCUT2D eigenvalue weighted by atomic mass is 10.9. The SMILES string of the molecule is NN.O=CC(Cl)(Cl)Cl.